The Morgan fingerprint density at radius 2 is 1.64 bits per heavy atom. The Bertz CT molecular complexity index is 282. The van der Waals surface area contributed by atoms with Gasteiger partial charge in [-0.2, -0.15) is 0 Å². The summed E-state index contributed by atoms with van der Waals surface area (Å²) in [6.07, 6.45) is -0.437. The van der Waals surface area contributed by atoms with Gasteiger partial charge < -0.3 is 9.84 Å². The van der Waals surface area contributed by atoms with Crippen LogP contribution >= 0.6 is 0 Å². The second kappa shape index (κ2) is 4.01. The van der Waals surface area contributed by atoms with E-state index in [9.17, 15) is 5.11 Å². The first-order chi connectivity index (χ1) is 6.45. The van der Waals surface area contributed by atoms with Gasteiger partial charge in [0.25, 0.3) is 0 Å². The van der Waals surface area contributed by atoms with Gasteiger partial charge in [0.1, 0.15) is 5.75 Å². The molecule has 0 aliphatic carbocycles. The average Bonchev–Trinajstić information content (AvgIpc) is 2.15. The van der Waals surface area contributed by atoms with E-state index >= 15 is 0 Å². The van der Waals surface area contributed by atoms with Crippen LogP contribution in [0.4, 0.5) is 0 Å². The highest BCUT2D eigenvalue weighted by atomic mass is 16.5. The van der Waals surface area contributed by atoms with E-state index in [1.165, 1.54) is 0 Å². The normalized spacial score (nSPS) is 13.8. The molecule has 1 N–H and O–H groups in total. The zero-order chi connectivity index (χ0) is 10.8. The van der Waals surface area contributed by atoms with E-state index in [4.69, 9.17) is 4.74 Å². The van der Waals surface area contributed by atoms with Crippen molar-refractivity contribution in [3.8, 4) is 5.75 Å². The molecule has 0 aliphatic heterocycles. The Labute approximate surface area is 85.5 Å². The molecule has 0 saturated carbocycles. The number of methoxy groups -OCH3 is 1. The number of aliphatic hydroxyl groups excluding tert-OH is 1. The molecule has 0 saturated heterocycles. The van der Waals surface area contributed by atoms with E-state index in [1.807, 2.05) is 45.0 Å². The molecular weight excluding hydrogens is 176 g/mol. The zero-order valence-corrected chi connectivity index (χ0v) is 9.24. The fraction of sp³-hybridized carbons (Fsp3) is 0.500. The van der Waals surface area contributed by atoms with Crippen molar-refractivity contribution in [3.05, 3.63) is 29.8 Å². The summed E-state index contributed by atoms with van der Waals surface area (Å²) in [5.74, 6) is 0.815. The van der Waals surface area contributed by atoms with E-state index in [0.29, 0.717) is 0 Å². The van der Waals surface area contributed by atoms with Crippen molar-refractivity contribution in [1.82, 2.24) is 0 Å². The molecule has 0 spiro atoms. The van der Waals surface area contributed by atoms with Crippen molar-refractivity contribution in [2.24, 2.45) is 5.41 Å². The van der Waals surface area contributed by atoms with Gasteiger partial charge in [0.15, 0.2) is 0 Å². The van der Waals surface area contributed by atoms with Gasteiger partial charge in [-0.25, -0.2) is 0 Å². The maximum Gasteiger partial charge on any atom is 0.118 e. The van der Waals surface area contributed by atoms with Gasteiger partial charge >= 0.3 is 0 Å². The van der Waals surface area contributed by atoms with Crippen molar-refractivity contribution < 1.29 is 9.84 Å². The number of rotatable bonds is 2. The zero-order valence-electron chi connectivity index (χ0n) is 9.24. The van der Waals surface area contributed by atoms with E-state index in [2.05, 4.69) is 0 Å². The van der Waals surface area contributed by atoms with E-state index < -0.39 is 6.10 Å². The Hall–Kier alpha value is -1.02. The van der Waals surface area contributed by atoms with Crippen molar-refractivity contribution in [2.45, 2.75) is 26.9 Å². The van der Waals surface area contributed by atoms with Gasteiger partial charge in [0, 0.05) is 0 Å². The van der Waals surface area contributed by atoms with Crippen LogP contribution in [-0.2, 0) is 0 Å². The summed E-state index contributed by atoms with van der Waals surface area (Å²) in [5.41, 5.74) is 0.799. The summed E-state index contributed by atoms with van der Waals surface area (Å²) in [7, 11) is 1.63. The fourth-order valence-electron chi connectivity index (χ4n) is 1.29. The summed E-state index contributed by atoms with van der Waals surface area (Å²) in [5, 5.41) is 9.98. The quantitative estimate of drug-likeness (QED) is 0.784. The van der Waals surface area contributed by atoms with Gasteiger partial charge in [-0.05, 0) is 23.1 Å². The Morgan fingerprint density at radius 1 is 1.14 bits per heavy atom. The molecule has 0 unspecified atom stereocenters. The molecule has 1 atom stereocenters. The number of benzene rings is 1. The summed E-state index contributed by atoms with van der Waals surface area (Å²) in [4.78, 5) is 0. The van der Waals surface area contributed by atoms with Gasteiger partial charge in [0.05, 0.1) is 13.2 Å². The van der Waals surface area contributed by atoms with Crippen LogP contribution in [0.1, 0.15) is 32.4 Å². The minimum Gasteiger partial charge on any atom is -0.497 e. The van der Waals surface area contributed by atoms with Crippen LogP contribution in [0.15, 0.2) is 24.3 Å². The minimum absolute atomic E-state index is 0.130. The number of ether oxygens (including phenoxy) is 1. The monoisotopic (exact) mass is 194 g/mol. The van der Waals surface area contributed by atoms with Gasteiger partial charge in [-0.1, -0.05) is 32.9 Å². The minimum atomic E-state index is -0.437. The average molecular weight is 194 g/mol. The van der Waals surface area contributed by atoms with Crippen molar-refractivity contribution in [1.29, 1.82) is 0 Å². The number of aliphatic hydroxyl groups is 1. The molecule has 0 aliphatic rings. The smallest absolute Gasteiger partial charge is 0.118 e. The summed E-state index contributed by atoms with van der Waals surface area (Å²) in [6.45, 7) is 6.05. The lowest BCUT2D eigenvalue weighted by atomic mass is 9.85. The lowest BCUT2D eigenvalue weighted by molar-refractivity contribution is 0.0626. The van der Waals surface area contributed by atoms with Crippen LogP contribution in [0.3, 0.4) is 0 Å². The van der Waals surface area contributed by atoms with Crippen LogP contribution in [-0.4, -0.2) is 12.2 Å². The molecule has 1 rings (SSSR count). The van der Waals surface area contributed by atoms with Gasteiger partial charge in [-0.3, -0.25) is 0 Å². The second-order valence-electron chi connectivity index (χ2n) is 4.54. The molecule has 78 valence electrons. The predicted octanol–water partition coefficient (Wildman–Crippen LogP) is 2.77. The lowest BCUT2D eigenvalue weighted by Gasteiger charge is -2.26. The van der Waals surface area contributed by atoms with Crippen molar-refractivity contribution in [3.63, 3.8) is 0 Å². The summed E-state index contributed by atoms with van der Waals surface area (Å²) in [6, 6.07) is 7.53. The molecule has 14 heavy (non-hydrogen) atoms. The van der Waals surface area contributed by atoms with Crippen LogP contribution in [0.5, 0.6) is 5.75 Å². The maximum absolute atomic E-state index is 9.98. The molecule has 0 radical (unpaired) electrons. The van der Waals surface area contributed by atoms with Crippen molar-refractivity contribution in [2.75, 3.05) is 7.11 Å². The predicted molar refractivity (Wildman–Crippen MR) is 57.4 cm³/mol. The molecule has 0 heterocycles. The van der Waals surface area contributed by atoms with E-state index in [-0.39, 0.29) is 5.41 Å². The van der Waals surface area contributed by atoms with Gasteiger partial charge in [0.2, 0.25) is 0 Å². The topological polar surface area (TPSA) is 29.5 Å². The highest BCUT2D eigenvalue weighted by Gasteiger charge is 2.23. The SMILES string of the molecule is COc1ccc([C@H](O)C(C)(C)C)cc1. The molecule has 0 bridgehead atoms. The third kappa shape index (κ3) is 2.48. The third-order valence-corrected chi connectivity index (χ3v) is 2.25. The van der Waals surface area contributed by atoms with Crippen LogP contribution in [0.2, 0.25) is 0 Å². The van der Waals surface area contributed by atoms with Gasteiger partial charge in [-0.15, -0.1) is 0 Å². The lowest BCUT2D eigenvalue weighted by Crippen LogP contribution is -2.17. The molecule has 2 heteroatoms. The van der Waals surface area contributed by atoms with Crippen LogP contribution in [0, 0.1) is 5.41 Å². The van der Waals surface area contributed by atoms with Crippen LogP contribution in [0.25, 0.3) is 0 Å². The Morgan fingerprint density at radius 3 is 2.00 bits per heavy atom. The summed E-state index contributed by atoms with van der Waals surface area (Å²) >= 11 is 0. The molecule has 0 fully saturated rings. The standard InChI is InChI=1S/C12H18O2/c1-12(2,3)11(13)9-5-7-10(14-4)8-6-9/h5-8,11,13H,1-4H3/t11-/m0/s1. The highest BCUT2D eigenvalue weighted by Crippen LogP contribution is 2.32. The number of hydrogen-bond donors (Lipinski definition) is 1. The Kier molecular flexibility index (Phi) is 3.17. The first-order valence-electron chi connectivity index (χ1n) is 4.77. The first-order valence-corrected chi connectivity index (χ1v) is 4.77. The molecule has 0 amide bonds. The summed E-state index contributed by atoms with van der Waals surface area (Å²) < 4.78 is 5.05. The third-order valence-electron chi connectivity index (χ3n) is 2.25. The highest BCUT2D eigenvalue weighted by molar-refractivity contribution is 5.29. The van der Waals surface area contributed by atoms with Crippen LogP contribution < -0.4 is 4.74 Å². The first kappa shape index (κ1) is 11.1. The fourth-order valence-corrected chi connectivity index (χ4v) is 1.29. The van der Waals surface area contributed by atoms with Crippen molar-refractivity contribution >= 4 is 0 Å². The molecule has 1 aromatic rings. The molecular formula is C12H18O2. The van der Waals surface area contributed by atoms with E-state index in [1.54, 1.807) is 7.11 Å². The maximum atomic E-state index is 9.98. The molecule has 0 aromatic heterocycles. The largest absolute Gasteiger partial charge is 0.497 e. The van der Waals surface area contributed by atoms with E-state index in [0.717, 1.165) is 11.3 Å². The molecule has 1 aromatic carbocycles. The molecule has 2 nitrogen and oxygen atoms in total. The number of hydrogen-bond acceptors (Lipinski definition) is 2. The second-order valence-corrected chi connectivity index (χ2v) is 4.54. The Balaban J connectivity index is 2.87.